The molecule has 0 amide bonds. The highest BCUT2D eigenvalue weighted by atomic mass is 32.1. The molecule has 3 aromatic heterocycles. The molecule has 4 rings (SSSR count). The van der Waals surface area contributed by atoms with Gasteiger partial charge in [-0.15, -0.1) is 0 Å². The Labute approximate surface area is 187 Å². The van der Waals surface area contributed by atoms with E-state index in [2.05, 4.69) is 45.6 Å². The van der Waals surface area contributed by atoms with Gasteiger partial charge in [-0.25, -0.2) is 9.97 Å². The van der Waals surface area contributed by atoms with Crippen molar-refractivity contribution in [3.63, 3.8) is 0 Å². The van der Waals surface area contributed by atoms with Gasteiger partial charge in [0.1, 0.15) is 0 Å². The van der Waals surface area contributed by atoms with Crippen LogP contribution in [-0.2, 0) is 11.2 Å². The average molecular weight is 439 g/mol. The van der Waals surface area contributed by atoms with E-state index in [4.69, 9.17) is 4.98 Å². The summed E-state index contributed by atoms with van der Waals surface area (Å²) in [7, 11) is 2.12. The van der Waals surface area contributed by atoms with E-state index in [0.29, 0.717) is 13.0 Å². The molecule has 1 fully saturated rings. The summed E-state index contributed by atoms with van der Waals surface area (Å²) < 4.78 is 0. The van der Waals surface area contributed by atoms with E-state index in [1.54, 1.807) is 11.3 Å². The summed E-state index contributed by atoms with van der Waals surface area (Å²) in [6.07, 6.45) is 4.06. The lowest BCUT2D eigenvalue weighted by Crippen LogP contribution is -2.46. The summed E-state index contributed by atoms with van der Waals surface area (Å²) in [5, 5.41) is 2.00. The third-order valence-corrected chi connectivity index (χ3v) is 6.86. The highest BCUT2D eigenvalue weighted by Gasteiger charge is 2.17. The quantitative estimate of drug-likeness (QED) is 0.536. The topological polar surface area (TPSA) is 65.5 Å². The summed E-state index contributed by atoms with van der Waals surface area (Å²) in [4.78, 5) is 34.3. The number of pyridine rings is 2. The van der Waals surface area contributed by atoms with Crippen molar-refractivity contribution < 1.29 is 4.79 Å². The van der Waals surface area contributed by atoms with Gasteiger partial charge in [0.2, 0.25) is 0 Å². The molecule has 164 valence electrons. The van der Waals surface area contributed by atoms with E-state index >= 15 is 0 Å². The van der Waals surface area contributed by atoms with Crippen LogP contribution >= 0.6 is 11.3 Å². The molecule has 0 atom stereocenters. The highest BCUT2D eigenvalue weighted by molar-refractivity contribution is 7.18. The molecule has 1 aliphatic heterocycles. The van der Waals surface area contributed by atoms with E-state index in [-0.39, 0.29) is 5.78 Å². The maximum atomic E-state index is 12.6. The lowest BCUT2D eigenvalue weighted by molar-refractivity contribution is -0.120. The Hall–Kier alpha value is -2.42. The highest BCUT2D eigenvalue weighted by Crippen LogP contribution is 2.31. The number of anilines is 1. The molecule has 31 heavy (non-hydrogen) atoms. The predicted molar refractivity (Wildman–Crippen MR) is 127 cm³/mol. The summed E-state index contributed by atoms with van der Waals surface area (Å²) in [6.45, 7) is 10.6. The predicted octanol–water partition coefficient (Wildman–Crippen LogP) is 2.96. The van der Waals surface area contributed by atoms with Crippen molar-refractivity contribution in [3.8, 4) is 10.6 Å². The Bertz CT molecular complexity index is 1040. The number of likely N-dealkylation sites (N-methyl/N-ethyl adjacent to an activating group) is 1. The molecule has 3 aromatic rings. The number of hydrogen-bond acceptors (Lipinski definition) is 8. The first-order chi connectivity index (χ1) is 15.1. The van der Waals surface area contributed by atoms with Crippen molar-refractivity contribution in [2.24, 2.45) is 0 Å². The molecule has 0 N–H and O–H groups in total. The van der Waals surface area contributed by atoms with Crippen LogP contribution in [0.2, 0.25) is 0 Å². The zero-order chi connectivity index (χ0) is 21.8. The van der Waals surface area contributed by atoms with Gasteiger partial charge in [0.25, 0.3) is 0 Å². The lowest BCUT2D eigenvalue weighted by Gasteiger charge is -2.31. The number of nitrogens with zero attached hydrogens (tertiary/aromatic N) is 6. The van der Waals surface area contributed by atoms with Gasteiger partial charge in [0.15, 0.2) is 10.9 Å². The first-order valence-electron chi connectivity index (χ1n) is 10.9. The Kier molecular flexibility index (Phi) is 6.89. The normalized spacial score (nSPS) is 15.5. The van der Waals surface area contributed by atoms with Crippen LogP contribution in [0.3, 0.4) is 0 Å². The molecule has 0 radical (unpaired) electrons. The van der Waals surface area contributed by atoms with Gasteiger partial charge in [-0.2, -0.15) is 0 Å². The van der Waals surface area contributed by atoms with Crippen molar-refractivity contribution in [2.45, 2.75) is 20.3 Å². The van der Waals surface area contributed by atoms with Crippen LogP contribution in [0.5, 0.6) is 0 Å². The monoisotopic (exact) mass is 438 g/mol. The van der Waals surface area contributed by atoms with Crippen molar-refractivity contribution in [1.82, 2.24) is 24.8 Å². The second-order valence-corrected chi connectivity index (χ2v) is 9.05. The summed E-state index contributed by atoms with van der Waals surface area (Å²) in [6, 6.07) is 6.01. The van der Waals surface area contributed by atoms with E-state index in [1.165, 1.54) is 0 Å². The number of aromatic nitrogens is 3. The third kappa shape index (κ3) is 5.26. The minimum absolute atomic E-state index is 0.207. The molecule has 0 bridgehead atoms. The SMILES string of the molecule is CCN(CC)c1ncc(-c2ccc3cnc(CC(=O)CN4CCN(C)CC4)cc3n2)s1. The van der Waals surface area contributed by atoms with E-state index in [0.717, 1.165) is 71.6 Å². The first-order valence-corrected chi connectivity index (χ1v) is 11.8. The number of hydrogen-bond donors (Lipinski definition) is 0. The van der Waals surface area contributed by atoms with Gasteiger partial charge in [-0.3, -0.25) is 14.7 Å². The van der Waals surface area contributed by atoms with Gasteiger partial charge in [-0.05, 0) is 39.1 Å². The van der Waals surface area contributed by atoms with Crippen molar-refractivity contribution in [3.05, 3.63) is 36.3 Å². The van der Waals surface area contributed by atoms with E-state index in [1.807, 2.05) is 30.6 Å². The molecule has 1 saturated heterocycles. The second-order valence-electron chi connectivity index (χ2n) is 8.04. The number of thiazole rings is 1. The van der Waals surface area contributed by atoms with Crippen LogP contribution in [0.4, 0.5) is 5.13 Å². The summed E-state index contributed by atoms with van der Waals surface area (Å²) >= 11 is 1.66. The van der Waals surface area contributed by atoms with E-state index < -0.39 is 0 Å². The van der Waals surface area contributed by atoms with Crippen LogP contribution in [0.15, 0.2) is 30.6 Å². The van der Waals surface area contributed by atoms with Crippen molar-refractivity contribution in [2.75, 3.05) is 57.8 Å². The standard InChI is InChI=1S/C23H30N6OS/c1-4-29(5-2)23-25-15-22(31-23)20-7-6-17-14-24-18(13-21(17)26-20)12-19(30)16-28-10-8-27(3)9-11-28/h6-7,13-15H,4-5,8-12,16H2,1-3H3. The van der Waals surface area contributed by atoms with Crippen molar-refractivity contribution in [1.29, 1.82) is 0 Å². The third-order valence-electron chi connectivity index (χ3n) is 5.78. The second kappa shape index (κ2) is 9.80. The van der Waals surface area contributed by atoms with Crippen LogP contribution in [0, 0.1) is 0 Å². The maximum absolute atomic E-state index is 12.6. The Morgan fingerprint density at radius 1 is 1.10 bits per heavy atom. The largest absolute Gasteiger partial charge is 0.349 e. The molecule has 7 nitrogen and oxygen atoms in total. The zero-order valence-corrected chi connectivity index (χ0v) is 19.4. The number of piperazine rings is 1. The first kappa shape index (κ1) is 21.8. The Morgan fingerprint density at radius 2 is 1.87 bits per heavy atom. The van der Waals surface area contributed by atoms with Gasteiger partial charge in [0, 0.05) is 62.7 Å². The van der Waals surface area contributed by atoms with Crippen LogP contribution in [0.1, 0.15) is 19.5 Å². The Balaban J connectivity index is 1.48. The van der Waals surface area contributed by atoms with Gasteiger partial charge >= 0.3 is 0 Å². The van der Waals surface area contributed by atoms with Crippen LogP contribution in [0.25, 0.3) is 21.5 Å². The number of Topliss-reactive ketones (excluding diaryl/α,β-unsaturated/α-hetero) is 1. The fraction of sp³-hybridized carbons (Fsp3) is 0.478. The van der Waals surface area contributed by atoms with Crippen LogP contribution < -0.4 is 4.90 Å². The molecule has 0 saturated carbocycles. The molecule has 4 heterocycles. The lowest BCUT2D eigenvalue weighted by atomic mass is 10.1. The van der Waals surface area contributed by atoms with Gasteiger partial charge in [0.05, 0.1) is 29.1 Å². The molecule has 0 aromatic carbocycles. The molecular formula is C23H30N6OS. The molecular weight excluding hydrogens is 408 g/mol. The zero-order valence-electron chi connectivity index (χ0n) is 18.5. The number of carbonyl (C=O) groups is 1. The Morgan fingerprint density at radius 3 is 2.61 bits per heavy atom. The number of fused-ring (bicyclic) bond motifs is 1. The summed E-state index contributed by atoms with van der Waals surface area (Å²) in [5.74, 6) is 0.207. The molecule has 8 heteroatoms. The molecule has 0 unspecified atom stereocenters. The summed E-state index contributed by atoms with van der Waals surface area (Å²) in [5.41, 5.74) is 2.56. The smallest absolute Gasteiger partial charge is 0.185 e. The van der Waals surface area contributed by atoms with E-state index in [9.17, 15) is 4.79 Å². The molecule has 0 spiro atoms. The number of carbonyl (C=O) groups excluding carboxylic acids is 1. The maximum Gasteiger partial charge on any atom is 0.185 e. The number of rotatable bonds is 8. The fourth-order valence-electron chi connectivity index (χ4n) is 3.83. The molecule has 1 aliphatic rings. The van der Waals surface area contributed by atoms with Crippen molar-refractivity contribution >= 4 is 33.2 Å². The average Bonchev–Trinajstić information content (AvgIpc) is 3.26. The minimum Gasteiger partial charge on any atom is -0.349 e. The van der Waals surface area contributed by atoms with Crippen LogP contribution in [-0.4, -0.2) is 83.4 Å². The van der Waals surface area contributed by atoms with Gasteiger partial charge < -0.3 is 9.80 Å². The molecule has 0 aliphatic carbocycles. The number of ketones is 1. The van der Waals surface area contributed by atoms with Gasteiger partial charge in [-0.1, -0.05) is 11.3 Å². The fourth-order valence-corrected chi connectivity index (χ4v) is 4.84. The minimum atomic E-state index is 0.207.